The van der Waals surface area contributed by atoms with Crippen LogP contribution in [0.3, 0.4) is 0 Å². The highest BCUT2D eigenvalue weighted by molar-refractivity contribution is 7.71. The van der Waals surface area contributed by atoms with Crippen LogP contribution >= 0.6 is 12.2 Å². The molecule has 1 N–H and O–H groups in total. The highest BCUT2D eigenvalue weighted by atomic mass is 32.1. The van der Waals surface area contributed by atoms with Crippen LogP contribution in [-0.2, 0) is 6.54 Å². The maximum Gasteiger partial charge on any atom is 0.179 e. The first-order valence-electron chi connectivity index (χ1n) is 7.95. The monoisotopic (exact) mass is 304 g/mol. The van der Waals surface area contributed by atoms with E-state index in [9.17, 15) is 0 Å². The summed E-state index contributed by atoms with van der Waals surface area (Å²) in [5.41, 5.74) is 3.27. The van der Waals surface area contributed by atoms with Gasteiger partial charge in [-0.2, -0.15) is 0 Å². The molecule has 21 heavy (non-hydrogen) atoms. The smallest absolute Gasteiger partial charge is 0.179 e. The number of nitrogens with zero attached hydrogens (tertiary/aromatic N) is 3. The Balaban J connectivity index is 1.69. The third kappa shape index (κ3) is 3.04. The molecule has 5 heteroatoms. The standard InChI is InChI=1S/C16H24N4S/c1-12-7-8-17-15-14(12)18-16(21)20(15)11-5-10-19-9-4-3-6-13(19)2/h7-8,13H,3-6,9-11H2,1-2H3,(H,18,21). The summed E-state index contributed by atoms with van der Waals surface area (Å²) < 4.78 is 2.94. The highest BCUT2D eigenvalue weighted by Gasteiger charge is 2.17. The molecule has 1 fully saturated rings. The molecule has 0 aromatic carbocycles. The number of imidazole rings is 1. The fraction of sp³-hybridized carbons (Fsp3) is 0.625. The second-order valence-corrected chi connectivity index (χ2v) is 6.53. The summed E-state index contributed by atoms with van der Waals surface area (Å²) in [5, 5.41) is 0. The molecule has 3 heterocycles. The summed E-state index contributed by atoms with van der Waals surface area (Å²) in [7, 11) is 0. The Hall–Kier alpha value is -1.20. The number of aromatic nitrogens is 3. The van der Waals surface area contributed by atoms with Crippen molar-refractivity contribution < 1.29 is 0 Å². The Morgan fingerprint density at radius 1 is 1.38 bits per heavy atom. The number of fused-ring (bicyclic) bond motifs is 1. The molecule has 0 radical (unpaired) electrons. The number of hydrogen-bond acceptors (Lipinski definition) is 3. The molecular weight excluding hydrogens is 280 g/mol. The van der Waals surface area contributed by atoms with E-state index < -0.39 is 0 Å². The number of nitrogens with one attached hydrogen (secondary N) is 1. The molecule has 114 valence electrons. The molecule has 2 aromatic rings. The molecule has 3 rings (SSSR count). The lowest BCUT2D eigenvalue weighted by Crippen LogP contribution is -2.38. The van der Waals surface area contributed by atoms with Gasteiger partial charge in [-0.15, -0.1) is 0 Å². The van der Waals surface area contributed by atoms with E-state index in [2.05, 4.69) is 33.3 Å². The van der Waals surface area contributed by atoms with Crippen LogP contribution < -0.4 is 0 Å². The van der Waals surface area contributed by atoms with E-state index >= 15 is 0 Å². The molecule has 1 aliphatic rings. The second-order valence-electron chi connectivity index (χ2n) is 6.14. The lowest BCUT2D eigenvalue weighted by Gasteiger charge is -2.33. The van der Waals surface area contributed by atoms with Crippen LogP contribution in [0.1, 0.15) is 38.2 Å². The normalized spacial score (nSPS) is 20.2. The van der Waals surface area contributed by atoms with Crippen molar-refractivity contribution >= 4 is 23.4 Å². The Labute approximate surface area is 131 Å². The minimum absolute atomic E-state index is 0.732. The number of piperidine rings is 1. The molecule has 0 bridgehead atoms. The van der Waals surface area contributed by atoms with E-state index in [-0.39, 0.29) is 0 Å². The second kappa shape index (κ2) is 6.28. The lowest BCUT2D eigenvalue weighted by atomic mass is 10.0. The summed E-state index contributed by atoms with van der Waals surface area (Å²) in [5.74, 6) is 0. The summed E-state index contributed by atoms with van der Waals surface area (Å²) in [6.45, 7) is 7.79. The number of aryl methyl sites for hydroxylation is 2. The van der Waals surface area contributed by atoms with Gasteiger partial charge in [0.15, 0.2) is 10.4 Å². The Kier molecular flexibility index (Phi) is 4.40. The molecule has 0 saturated carbocycles. The van der Waals surface area contributed by atoms with Crippen LogP contribution in [0.5, 0.6) is 0 Å². The van der Waals surface area contributed by atoms with Crippen LogP contribution in [0, 0.1) is 11.7 Å². The topological polar surface area (TPSA) is 36.9 Å². The van der Waals surface area contributed by atoms with Crippen LogP contribution in [0.4, 0.5) is 0 Å². The van der Waals surface area contributed by atoms with Crippen molar-refractivity contribution in [3.05, 3.63) is 22.6 Å². The predicted molar refractivity (Wildman–Crippen MR) is 89.2 cm³/mol. The minimum atomic E-state index is 0.732. The molecule has 2 aromatic heterocycles. The van der Waals surface area contributed by atoms with E-state index in [1.54, 1.807) is 0 Å². The van der Waals surface area contributed by atoms with Gasteiger partial charge in [0.1, 0.15) is 0 Å². The van der Waals surface area contributed by atoms with Crippen LogP contribution in [0.2, 0.25) is 0 Å². The van der Waals surface area contributed by atoms with Gasteiger partial charge in [0, 0.05) is 25.3 Å². The molecule has 0 amide bonds. The fourth-order valence-electron chi connectivity index (χ4n) is 3.30. The summed E-state index contributed by atoms with van der Waals surface area (Å²) >= 11 is 5.46. The molecular formula is C16H24N4S. The number of aromatic amines is 1. The molecule has 1 atom stereocenters. The molecule has 4 nitrogen and oxygen atoms in total. The SMILES string of the molecule is Cc1ccnc2c1[nH]c(=S)n2CCCN1CCCCC1C. The van der Waals surface area contributed by atoms with Gasteiger partial charge in [-0.1, -0.05) is 6.42 Å². The lowest BCUT2D eigenvalue weighted by molar-refractivity contribution is 0.157. The first kappa shape index (κ1) is 14.7. The molecule has 0 aliphatic carbocycles. The average Bonchev–Trinajstić information content (AvgIpc) is 2.79. The van der Waals surface area contributed by atoms with Gasteiger partial charge in [0.25, 0.3) is 0 Å². The fourth-order valence-corrected chi connectivity index (χ4v) is 3.58. The zero-order valence-electron chi connectivity index (χ0n) is 12.9. The minimum Gasteiger partial charge on any atom is -0.329 e. The van der Waals surface area contributed by atoms with Crippen molar-refractivity contribution in [2.24, 2.45) is 0 Å². The highest BCUT2D eigenvalue weighted by Crippen LogP contribution is 2.18. The van der Waals surface area contributed by atoms with Crippen molar-refractivity contribution in [3.63, 3.8) is 0 Å². The quantitative estimate of drug-likeness (QED) is 0.876. The summed E-state index contributed by atoms with van der Waals surface area (Å²) in [4.78, 5) is 10.4. The Morgan fingerprint density at radius 2 is 2.24 bits per heavy atom. The van der Waals surface area contributed by atoms with Crippen molar-refractivity contribution in [2.45, 2.75) is 52.1 Å². The van der Waals surface area contributed by atoms with E-state index in [1.807, 2.05) is 12.3 Å². The van der Waals surface area contributed by atoms with E-state index in [0.717, 1.165) is 41.5 Å². The predicted octanol–water partition coefficient (Wildman–Crippen LogP) is 3.67. The van der Waals surface area contributed by atoms with E-state index in [4.69, 9.17) is 12.2 Å². The van der Waals surface area contributed by atoms with Gasteiger partial charge in [0.2, 0.25) is 0 Å². The molecule has 1 unspecified atom stereocenters. The van der Waals surface area contributed by atoms with Crippen molar-refractivity contribution in [1.82, 2.24) is 19.4 Å². The van der Waals surface area contributed by atoms with Gasteiger partial charge >= 0.3 is 0 Å². The molecule has 1 saturated heterocycles. The van der Waals surface area contributed by atoms with Gasteiger partial charge in [-0.05, 0) is 63.5 Å². The van der Waals surface area contributed by atoms with Gasteiger partial charge in [-0.25, -0.2) is 4.98 Å². The average molecular weight is 304 g/mol. The molecule has 1 aliphatic heterocycles. The summed E-state index contributed by atoms with van der Waals surface area (Å²) in [6, 6.07) is 2.75. The number of pyridine rings is 1. The zero-order valence-corrected chi connectivity index (χ0v) is 13.7. The number of hydrogen-bond donors (Lipinski definition) is 1. The van der Waals surface area contributed by atoms with Crippen LogP contribution in [-0.4, -0.2) is 38.6 Å². The third-order valence-corrected chi connectivity index (χ3v) is 4.96. The molecule has 0 spiro atoms. The van der Waals surface area contributed by atoms with E-state index in [1.165, 1.54) is 31.4 Å². The zero-order chi connectivity index (χ0) is 14.8. The number of rotatable bonds is 4. The van der Waals surface area contributed by atoms with Crippen LogP contribution in [0.25, 0.3) is 11.2 Å². The summed E-state index contributed by atoms with van der Waals surface area (Å²) in [6.07, 6.45) is 7.06. The first-order chi connectivity index (χ1) is 10.2. The maximum atomic E-state index is 5.46. The first-order valence-corrected chi connectivity index (χ1v) is 8.36. The number of H-pyrrole nitrogens is 1. The van der Waals surface area contributed by atoms with Crippen molar-refractivity contribution in [1.29, 1.82) is 0 Å². The Bertz CT molecular complexity index is 672. The third-order valence-electron chi connectivity index (χ3n) is 4.64. The van der Waals surface area contributed by atoms with Crippen LogP contribution in [0.15, 0.2) is 12.3 Å². The van der Waals surface area contributed by atoms with Gasteiger partial charge in [0.05, 0.1) is 5.52 Å². The largest absolute Gasteiger partial charge is 0.329 e. The van der Waals surface area contributed by atoms with Gasteiger partial charge < -0.3 is 14.5 Å². The Morgan fingerprint density at radius 3 is 3.05 bits per heavy atom. The maximum absolute atomic E-state index is 5.46. The van der Waals surface area contributed by atoms with E-state index in [0.29, 0.717) is 0 Å². The van der Waals surface area contributed by atoms with Gasteiger partial charge in [-0.3, -0.25) is 0 Å². The van der Waals surface area contributed by atoms with Crippen molar-refractivity contribution in [2.75, 3.05) is 13.1 Å². The number of likely N-dealkylation sites (tertiary alicyclic amines) is 1. The van der Waals surface area contributed by atoms with Crippen molar-refractivity contribution in [3.8, 4) is 0 Å².